The van der Waals surface area contributed by atoms with Crippen LogP contribution in [0.15, 0.2) is 67.0 Å². The van der Waals surface area contributed by atoms with Crippen LogP contribution in [-0.2, 0) is 0 Å². The Hall–Kier alpha value is -3.71. The highest BCUT2D eigenvalue weighted by molar-refractivity contribution is 5.95. The number of anilines is 1. The summed E-state index contributed by atoms with van der Waals surface area (Å²) >= 11 is 0. The number of benzene rings is 2. The Morgan fingerprint density at radius 1 is 1.10 bits per heavy atom. The number of nitrogens with two attached hydrogens (primary N) is 1. The summed E-state index contributed by atoms with van der Waals surface area (Å²) < 4.78 is 0. The highest BCUT2D eigenvalue weighted by atomic mass is 16.1. The van der Waals surface area contributed by atoms with Crippen molar-refractivity contribution < 1.29 is 4.79 Å². The van der Waals surface area contributed by atoms with Crippen LogP contribution in [0.25, 0.3) is 22.3 Å². The molecule has 4 aromatic rings. The van der Waals surface area contributed by atoms with E-state index in [1.165, 1.54) is 5.56 Å². The Kier molecular flexibility index (Phi) is 5.72. The maximum atomic E-state index is 12.1. The van der Waals surface area contributed by atoms with Gasteiger partial charge in [0.25, 0.3) is 5.91 Å². The third-order valence-corrected chi connectivity index (χ3v) is 4.97. The van der Waals surface area contributed by atoms with Crippen LogP contribution in [0.2, 0.25) is 0 Å². The van der Waals surface area contributed by atoms with Crippen molar-refractivity contribution in [1.29, 1.82) is 0 Å². The minimum absolute atomic E-state index is 0.106. The minimum atomic E-state index is -0.129. The number of hydrogen-bond acceptors (Lipinski definition) is 5. The number of fused-ring (bicyclic) bond motifs is 1. The summed E-state index contributed by atoms with van der Waals surface area (Å²) in [7, 11) is 0. The lowest BCUT2D eigenvalue weighted by Gasteiger charge is -2.15. The van der Waals surface area contributed by atoms with Gasteiger partial charge in [-0.1, -0.05) is 42.5 Å². The van der Waals surface area contributed by atoms with E-state index < -0.39 is 0 Å². The van der Waals surface area contributed by atoms with Crippen LogP contribution in [0.1, 0.15) is 28.9 Å². The normalized spacial score (nSPS) is 11.9. The lowest BCUT2D eigenvalue weighted by molar-refractivity contribution is 0.0955. The second kappa shape index (κ2) is 8.75. The van der Waals surface area contributed by atoms with Crippen molar-refractivity contribution in [2.75, 3.05) is 18.4 Å². The van der Waals surface area contributed by atoms with Gasteiger partial charge in [0.15, 0.2) is 0 Å². The van der Waals surface area contributed by atoms with E-state index in [1.807, 2.05) is 36.4 Å². The molecule has 0 fully saturated rings. The number of rotatable bonds is 7. The van der Waals surface area contributed by atoms with Crippen molar-refractivity contribution in [3.05, 3.63) is 78.1 Å². The minimum Gasteiger partial charge on any atom is -0.363 e. The third-order valence-electron chi connectivity index (χ3n) is 4.97. The fourth-order valence-corrected chi connectivity index (χ4v) is 3.33. The molecule has 4 rings (SSSR count). The van der Waals surface area contributed by atoms with Gasteiger partial charge in [0.2, 0.25) is 0 Å². The molecule has 30 heavy (non-hydrogen) atoms. The molecule has 7 heteroatoms. The zero-order valence-corrected chi connectivity index (χ0v) is 16.7. The Morgan fingerprint density at radius 2 is 1.87 bits per heavy atom. The Morgan fingerprint density at radius 3 is 2.60 bits per heavy atom. The largest absolute Gasteiger partial charge is 0.363 e. The average Bonchev–Trinajstić information content (AvgIpc) is 3.23. The zero-order valence-electron chi connectivity index (χ0n) is 16.7. The van der Waals surface area contributed by atoms with E-state index in [2.05, 4.69) is 44.6 Å². The summed E-state index contributed by atoms with van der Waals surface area (Å²) in [6, 6.07) is 19.8. The number of nitrogens with one attached hydrogen (secondary N) is 3. The number of amides is 1. The third kappa shape index (κ3) is 4.16. The van der Waals surface area contributed by atoms with Gasteiger partial charge in [-0.15, -0.1) is 0 Å². The van der Waals surface area contributed by atoms with Gasteiger partial charge in [-0.2, -0.15) is 0 Å². The van der Waals surface area contributed by atoms with Gasteiger partial charge in [0, 0.05) is 30.4 Å². The van der Waals surface area contributed by atoms with Crippen molar-refractivity contribution in [2.24, 2.45) is 5.73 Å². The number of nitrogens with zero attached hydrogens (tertiary/aromatic N) is 2. The van der Waals surface area contributed by atoms with Gasteiger partial charge < -0.3 is 21.4 Å². The smallest absolute Gasteiger partial charge is 0.251 e. The van der Waals surface area contributed by atoms with Crippen LogP contribution in [0, 0.1) is 0 Å². The maximum absolute atomic E-state index is 12.1. The zero-order chi connectivity index (χ0) is 20.9. The van der Waals surface area contributed by atoms with E-state index in [0.29, 0.717) is 18.7 Å². The first kappa shape index (κ1) is 19.6. The maximum Gasteiger partial charge on any atom is 0.251 e. The molecule has 0 spiro atoms. The van der Waals surface area contributed by atoms with E-state index in [0.717, 1.165) is 28.1 Å². The molecular formula is C23H24N6O. The molecule has 0 saturated carbocycles. The van der Waals surface area contributed by atoms with Gasteiger partial charge in [0.1, 0.15) is 17.8 Å². The van der Waals surface area contributed by atoms with Crippen molar-refractivity contribution in [3.63, 3.8) is 0 Å². The first-order valence-electron chi connectivity index (χ1n) is 9.89. The molecule has 0 unspecified atom stereocenters. The van der Waals surface area contributed by atoms with Gasteiger partial charge in [-0.05, 0) is 36.2 Å². The molecular weight excluding hydrogens is 376 g/mol. The standard InChI is InChI=1S/C23H24N6O/c1-15(16-5-3-2-4-6-16)28-21-19-13-20(29-22(19)27-14-26-21)17-7-9-18(10-8-17)23(30)25-12-11-24/h2-10,13-15H,11-12,24H2,1H3,(H,25,30)(H2,26,27,28,29)/t15-/m1/s1. The molecule has 0 radical (unpaired) electrons. The summed E-state index contributed by atoms with van der Waals surface area (Å²) in [6.45, 7) is 2.98. The molecule has 1 amide bonds. The van der Waals surface area contributed by atoms with Crippen molar-refractivity contribution in [3.8, 4) is 11.3 Å². The van der Waals surface area contributed by atoms with E-state index in [1.54, 1.807) is 18.5 Å². The lowest BCUT2D eigenvalue weighted by Crippen LogP contribution is -2.28. The van der Waals surface area contributed by atoms with Crippen LogP contribution >= 0.6 is 0 Å². The molecule has 2 aromatic heterocycles. The summed E-state index contributed by atoms with van der Waals surface area (Å²) in [5.41, 5.74) is 9.85. The van der Waals surface area contributed by atoms with E-state index in [4.69, 9.17) is 5.73 Å². The SMILES string of the molecule is C[C@@H](Nc1ncnc2[nH]c(-c3ccc(C(=O)NCCN)cc3)cc12)c1ccccc1. The van der Waals surface area contributed by atoms with Gasteiger partial charge in [-0.3, -0.25) is 4.79 Å². The summed E-state index contributed by atoms with van der Waals surface area (Å²) in [4.78, 5) is 24.2. The molecule has 2 heterocycles. The Labute approximate surface area is 174 Å². The quantitative estimate of drug-likeness (QED) is 0.380. The molecule has 152 valence electrons. The first-order chi connectivity index (χ1) is 14.7. The molecule has 0 saturated heterocycles. The fourth-order valence-electron chi connectivity index (χ4n) is 3.33. The van der Waals surface area contributed by atoms with E-state index >= 15 is 0 Å². The Bertz CT molecular complexity index is 1140. The summed E-state index contributed by atoms with van der Waals surface area (Å²) in [5.74, 6) is 0.646. The summed E-state index contributed by atoms with van der Waals surface area (Å²) in [5, 5.41) is 7.16. The van der Waals surface area contributed by atoms with Crippen LogP contribution < -0.4 is 16.4 Å². The molecule has 0 aliphatic carbocycles. The number of carbonyl (C=O) groups is 1. The van der Waals surface area contributed by atoms with Crippen molar-refractivity contribution in [2.45, 2.75) is 13.0 Å². The van der Waals surface area contributed by atoms with Crippen molar-refractivity contribution >= 4 is 22.8 Å². The van der Waals surface area contributed by atoms with Gasteiger partial charge in [-0.25, -0.2) is 9.97 Å². The highest BCUT2D eigenvalue weighted by Crippen LogP contribution is 2.29. The number of aromatic amines is 1. The molecule has 0 bridgehead atoms. The molecule has 2 aromatic carbocycles. The second-order valence-corrected chi connectivity index (χ2v) is 7.07. The van der Waals surface area contributed by atoms with Crippen LogP contribution in [0.5, 0.6) is 0 Å². The van der Waals surface area contributed by atoms with Crippen molar-refractivity contribution in [1.82, 2.24) is 20.3 Å². The molecule has 7 nitrogen and oxygen atoms in total. The van der Waals surface area contributed by atoms with Crippen LogP contribution in [0.3, 0.4) is 0 Å². The van der Waals surface area contributed by atoms with Gasteiger partial charge >= 0.3 is 0 Å². The summed E-state index contributed by atoms with van der Waals surface area (Å²) in [6.07, 6.45) is 1.55. The van der Waals surface area contributed by atoms with Crippen LogP contribution in [-0.4, -0.2) is 33.9 Å². The molecule has 0 aliphatic heterocycles. The number of carbonyl (C=O) groups excluding carboxylic acids is 1. The fraction of sp³-hybridized carbons (Fsp3) is 0.174. The number of H-pyrrole nitrogens is 1. The van der Waals surface area contributed by atoms with E-state index in [-0.39, 0.29) is 11.9 Å². The predicted molar refractivity (Wildman–Crippen MR) is 119 cm³/mol. The molecule has 1 atom stereocenters. The number of aromatic nitrogens is 3. The van der Waals surface area contributed by atoms with E-state index in [9.17, 15) is 4.79 Å². The number of hydrogen-bond donors (Lipinski definition) is 4. The monoisotopic (exact) mass is 400 g/mol. The highest BCUT2D eigenvalue weighted by Gasteiger charge is 2.13. The van der Waals surface area contributed by atoms with Crippen LogP contribution in [0.4, 0.5) is 5.82 Å². The molecule has 5 N–H and O–H groups in total. The Balaban J connectivity index is 1.58. The predicted octanol–water partition coefficient (Wildman–Crippen LogP) is 3.49. The molecule has 0 aliphatic rings. The second-order valence-electron chi connectivity index (χ2n) is 7.07. The van der Waals surface area contributed by atoms with Gasteiger partial charge in [0.05, 0.1) is 5.39 Å². The topological polar surface area (TPSA) is 109 Å². The average molecular weight is 400 g/mol. The first-order valence-corrected chi connectivity index (χ1v) is 9.89. The lowest BCUT2D eigenvalue weighted by atomic mass is 10.1.